The summed E-state index contributed by atoms with van der Waals surface area (Å²) < 4.78 is 11.4. The molecule has 1 unspecified atom stereocenters. The van der Waals surface area contributed by atoms with E-state index in [1.807, 2.05) is 14.2 Å². The normalized spacial score (nSPS) is 16.9. The third-order valence-corrected chi connectivity index (χ3v) is 11.0. The highest BCUT2D eigenvalue weighted by Crippen LogP contribution is 2.20. The molecular formula is C11H26O2Si2. The topological polar surface area (TPSA) is 18.5 Å². The molecule has 0 heterocycles. The minimum Gasteiger partial charge on any atom is -0.416 e. The standard InChI is InChI=1S/C11H26O2Si2/c1-7-14(6,12-4)10-11-15(8-2,9-3)13-5/h10-11H,7-9H2,1-6H3/b11-10+. The van der Waals surface area contributed by atoms with Crippen LogP contribution in [0.4, 0.5) is 0 Å². The van der Waals surface area contributed by atoms with Crippen molar-refractivity contribution in [3.63, 3.8) is 0 Å². The SMILES string of the molecule is CC[Si](C)(/C=C/[Si](CC)(CC)OC)OC. The monoisotopic (exact) mass is 246 g/mol. The molecule has 0 aliphatic carbocycles. The number of hydrogen-bond donors (Lipinski definition) is 0. The van der Waals surface area contributed by atoms with Gasteiger partial charge in [-0.05, 0) is 24.7 Å². The van der Waals surface area contributed by atoms with Crippen LogP contribution in [0.2, 0.25) is 24.7 Å². The van der Waals surface area contributed by atoms with E-state index in [1.54, 1.807) is 0 Å². The van der Waals surface area contributed by atoms with E-state index in [1.165, 1.54) is 0 Å². The Morgan fingerprint density at radius 3 is 1.67 bits per heavy atom. The molecule has 1 atom stereocenters. The maximum atomic E-state index is 5.74. The lowest BCUT2D eigenvalue weighted by molar-refractivity contribution is 0.402. The first-order chi connectivity index (χ1) is 7.01. The molecule has 0 saturated heterocycles. The quantitative estimate of drug-likeness (QED) is 0.640. The minimum absolute atomic E-state index is 1.13. The smallest absolute Gasteiger partial charge is 0.215 e. The van der Waals surface area contributed by atoms with Crippen LogP contribution in [0, 0.1) is 0 Å². The van der Waals surface area contributed by atoms with Gasteiger partial charge in [0.25, 0.3) is 0 Å². The lowest BCUT2D eigenvalue weighted by atomic mass is 10.9. The van der Waals surface area contributed by atoms with Gasteiger partial charge in [0.15, 0.2) is 0 Å². The zero-order chi connectivity index (χ0) is 11.9. The van der Waals surface area contributed by atoms with Crippen molar-refractivity contribution in [2.45, 2.75) is 45.5 Å². The van der Waals surface area contributed by atoms with Crippen molar-refractivity contribution in [2.75, 3.05) is 14.2 Å². The van der Waals surface area contributed by atoms with E-state index in [0.29, 0.717) is 0 Å². The Morgan fingerprint density at radius 1 is 0.867 bits per heavy atom. The number of hydrogen-bond acceptors (Lipinski definition) is 2. The summed E-state index contributed by atoms with van der Waals surface area (Å²) in [6, 6.07) is 3.42. The predicted molar refractivity (Wildman–Crippen MR) is 72.0 cm³/mol. The molecule has 0 N–H and O–H groups in total. The summed E-state index contributed by atoms with van der Waals surface area (Å²) in [7, 11) is 0.508. The van der Waals surface area contributed by atoms with Crippen molar-refractivity contribution in [3.05, 3.63) is 11.4 Å². The molecule has 4 heteroatoms. The fourth-order valence-corrected chi connectivity index (χ4v) is 6.47. The van der Waals surface area contributed by atoms with Gasteiger partial charge in [0, 0.05) is 14.2 Å². The van der Waals surface area contributed by atoms with Crippen molar-refractivity contribution in [2.24, 2.45) is 0 Å². The van der Waals surface area contributed by atoms with Crippen LogP contribution in [-0.4, -0.2) is 30.9 Å². The Labute approximate surface area is 96.9 Å². The molecular weight excluding hydrogens is 220 g/mol. The molecule has 0 radical (unpaired) electrons. The molecule has 15 heavy (non-hydrogen) atoms. The van der Waals surface area contributed by atoms with Crippen LogP contribution in [0.1, 0.15) is 20.8 Å². The van der Waals surface area contributed by atoms with E-state index in [9.17, 15) is 0 Å². The Hall–Kier alpha value is 0.0938. The summed E-state index contributed by atoms with van der Waals surface area (Å²) >= 11 is 0. The average molecular weight is 246 g/mol. The molecule has 90 valence electrons. The molecule has 0 rings (SSSR count). The third-order valence-electron chi connectivity index (χ3n) is 3.51. The van der Waals surface area contributed by atoms with Gasteiger partial charge in [-0.25, -0.2) is 0 Å². The molecule has 0 amide bonds. The van der Waals surface area contributed by atoms with Gasteiger partial charge in [0.2, 0.25) is 16.6 Å². The van der Waals surface area contributed by atoms with E-state index in [2.05, 4.69) is 38.7 Å². The van der Waals surface area contributed by atoms with Gasteiger partial charge < -0.3 is 8.85 Å². The first kappa shape index (κ1) is 15.1. The maximum absolute atomic E-state index is 5.74. The van der Waals surface area contributed by atoms with Gasteiger partial charge in [-0.1, -0.05) is 32.2 Å². The third kappa shape index (κ3) is 4.22. The second kappa shape index (κ2) is 6.63. The van der Waals surface area contributed by atoms with E-state index in [0.717, 1.165) is 18.1 Å². The van der Waals surface area contributed by atoms with Gasteiger partial charge in [0.05, 0.1) is 0 Å². The van der Waals surface area contributed by atoms with Gasteiger partial charge in [-0.15, -0.1) is 0 Å². The molecule has 0 spiro atoms. The zero-order valence-corrected chi connectivity index (χ0v) is 13.1. The number of rotatable bonds is 7. The molecule has 0 saturated carbocycles. The molecule has 0 bridgehead atoms. The maximum Gasteiger partial charge on any atom is 0.215 e. The van der Waals surface area contributed by atoms with Crippen LogP contribution >= 0.6 is 0 Å². The van der Waals surface area contributed by atoms with Crippen LogP contribution in [0.3, 0.4) is 0 Å². The van der Waals surface area contributed by atoms with Crippen molar-refractivity contribution < 1.29 is 8.85 Å². The van der Waals surface area contributed by atoms with Gasteiger partial charge in [0.1, 0.15) is 0 Å². The fraction of sp³-hybridized carbons (Fsp3) is 0.818. The Bertz CT molecular complexity index is 188. The summed E-state index contributed by atoms with van der Waals surface area (Å²) in [5, 5.41) is 0. The van der Waals surface area contributed by atoms with Crippen LogP contribution < -0.4 is 0 Å². The Kier molecular flexibility index (Phi) is 6.67. The highest BCUT2D eigenvalue weighted by atomic mass is 28.4. The van der Waals surface area contributed by atoms with Gasteiger partial charge >= 0.3 is 0 Å². The van der Waals surface area contributed by atoms with Crippen molar-refractivity contribution in [1.82, 2.24) is 0 Å². The lowest BCUT2D eigenvalue weighted by Crippen LogP contribution is -2.36. The van der Waals surface area contributed by atoms with E-state index in [-0.39, 0.29) is 0 Å². The van der Waals surface area contributed by atoms with Crippen LogP contribution in [-0.2, 0) is 8.85 Å². The predicted octanol–water partition coefficient (Wildman–Crippen LogP) is 3.49. The molecule has 0 aromatic heterocycles. The Balaban J connectivity index is 4.72. The first-order valence-corrected chi connectivity index (χ1v) is 10.9. The fourth-order valence-electron chi connectivity index (χ4n) is 1.50. The van der Waals surface area contributed by atoms with Crippen molar-refractivity contribution >= 4 is 16.6 Å². The molecule has 0 aliphatic rings. The molecule has 2 nitrogen and oxygen atoms in total. The van der Waals surface area contributed by atoms with Crippen molar-refractivity contribution in [3.8, 4) is 0 Å². The van der Waals surface area contributed by atoms with Crippen LogP contribution in [0.5, 0.6) is 0 Å². The largest absolute Gasteiger partial charge is 0.416 e. The highest BCUT2D eigenvalue weighted by molar-refractivity contribution is 6.83. The highest BCUT2D eigenvalue weighted by Gasteiger charge is 2.29. The van der Waals surface area contributed by atoms with Gasteiger partial charge in [-0.2, -0.15) is 0 Å². The summed E-state index contributed by atoms with van der Waals surface area (Å²) in [6.07, 6.45) is 0. The second-order valence-corrected chi connectivity index (χ2v) is 12.5. The summed E-state index contributed by atoms with van der Waals surface area (Å²) in [5.41, 5.74) is 4.68. The zero-order valence-electron chi connectivity index (χ0n) is 11.1. The summed E-state index contributed by atoms with van der Waals surface area (Å²) in [5.74, 6) is 0. The van der Waals surface area contributed by atoms with Gasteiger partial charge in [-0.3, -0.25) is 0 Å². The first-order valence-electron chi connectivity index (χ1n) is 5.82. The molecule has 0 aromatic rings. The van der Waals surface area contributed by atoms with E-state index < -0.39 is 16.6 Å². The van der Waals surface area contributed by atoms with Crippen molar-refractivity contribution in [1.29, 1.82) is 0 Å². The lowest BCUT2D eigenvalue weighted by Gasteiger charge is -2.26. The minimum atomic E-state index is -1.59. The average Bonchev–Trinajstić information content (AvgIpc) is 2.31. The Morgan fingerprint density at radius 2 is 1.40 bits per heavy atom. The van der Waals surface area contributed by atoms with E-state index in [4.69, 9.17) is 8.85 Å². The van der Waals surface area contributed by atoms with E-state index >= 15 is 0 Å². The second-order valence-electron chi connectivity index (χ2n) is 4.18. The van der Waals surface area contributed by atoms with Crippen LogP contribution in [0.15, 0.2) is 11.4 Å². The molecule has 0 aliphatic heterocycles. The van der Waals surface area contributed by atoms with Crippen LogP contribution in [0.25, 0.3) is 0 Å². The molecule has 0 aromatic carbocycles. The summed E-state index contributed by atoms with van der Waals surface area (Å²) in [6.45, 7) is 8.90. The molecule has 0 fully saturated rings. The summed E-state index contributed by atoms with van der Waals surface area (Å²) in [4.78, 5) is 0.